The van der Waals surface area contributed by atoms with Gasteiger partial charge in [0.15, 0.2) is 12.6 Å². The molecule has 4 nitrogen and oxygen atoms in total. The zero-order valence-corrected chi connectivity index (χ0v) is 18.1. The summed E-state index contributed by atoms with van der Waals surface area (Å²) < 4.78 is 22.7. The predicted octanol–water partition coefficient (Wildman–Crippen LogP) is 5.93. The van der Waals surface area contributed by atoms with E-state index in [1.807, 2.05) is 6.92 Å². The van der Waals surface area contributed by atoms with Gasteiger partial charge < -0.3 is 18.9 Å². The van der Waals surface area contributed by atoms with Crippen molar-refractivity contribution in [2.75, 3.05) is 26.9 Å². The highest BCUT2D eigenvalue weighted by molar-refractivity contribution is 4.73. The van der Waals surface area contributed by atoms with E-state index in [0.717, 1.165) is 38.1 Å². The molecule has 0 aromatic rings. The Bertz CT molecular complexity index is 356. The van der Waals surface area contributed by atoms with Crippen LogP contribution >= 0.6 is 0 Å². The molecule has 0 aromatic heterocycles. The zero-order chi connectivity index (χ0) is 19.3. The minimum atomic E-state index is -0.0937. The molecule has 160 valence electrons. The van der Waals surface area contributed by atoms with Crippen LogP contribution in [-0.2, 0) is 18.9 Å². The van der Waals surface area contributed by atoms with Gasteiger partial charge in [0, 0.05) is 20.3 Å². The van der Waals surface area contributed by atoms with Gasteiger partial charge in [0.25, 0.3) is 0 Å². The highest BCUT2D eigenvalue weighted by Crippen LogP contribution is 2.32. The summed E-state index contributed by atoms with van der Waals surface area (Å²) >= 11 is 0. The van der Waals surface area contributed by atoms with Crippen LogP contribution in [0.4, 0.5) is 0 Å². The lowest BCUT2D eigenvalue weighted by Crippen LogP contribution is -2.24. The van der Waals surface area contributed by atoms with Gasteiger partial charge in [0.05, 0.1) is 6.61 Å². The Morgan fingerprint density at radius 3 is 2.19 bits per heavy atom. The molecule has 4 unspecified atom stereocenters. The number of rotatable bonds is 13. The molecule has 0 bridgehead atoms. The molecule has 0 aromatic carbocycles. The van der Waals surface area contributed by atoms with E-state index < -0.39 is 0 Å². The minimum absolute atomic E-state index is 0.0670. The molecule has 0 aliphatic heterocycles. The molecule has 0 saturated heterocycles. The summed E-state index contributed by atoms with van der Waals surface area (Å²) in [5, 5.41) is 0. The summed E-state index contributed by atoms with van der Waals surface area (Å²) in [6.07, 6.45) is 15.9. The number of hydrogen-bond donors (Lipinski definition) is 0. The van der Waals surface area contributed by atoms with Crippen LogP contribution in [-0.4, -0.2) is 39.5 Å². The topological polar surface area (TPSA) is 36.9 Å². The molecule has 0 N–H and O–H groups in total. The van der Waals surface area contributed by atoms with Crippen LogP contribution in [0.5, 0.6) is 0 Å². The lowest BCUT2D eigenvalue weighted by molar-refractivity contribution is -0.143. The summed E-state index contributed by atoms with van der Waals surface area (Å²) in [4.78, 5) is 0. The van der Waals surface area contributed by atoms with Gasteiger partial charge in [-0.3, -0.25) is 0 Å². The Balaban J connectivity index is 1.49. The molecule has 27 heavy (non-hydrogen) atoms. The second kappa shape index (κ2) is 13.9. The van der Waals surface area contributed by atoms with Gasteiger partial charge in [0.1, 0.15) is 0 Å². The van der Waals surface area contributed by atoms with Gasteiger partial charge in [-0.05, 0) is 63.7 Å². The summed E-state index contributed by atoms with van der Waals surface area (Å²) in [6, 6.07) is 0. The zero-order valence-electron chi connectivity index (χ0n) is 18.1. The first kappa shape index (κ1) is 23.1. The fraction of sp³-hybridized carbons (Fsp3) is 1.00. The maximum Gasteiger partial charge on any atom is 0.154 e. The van der Waals surface area contributed by atoms with Crippen molar-refractivity contribution < 1.29 is 18.9 Å². The maximum atomic E-state index is 6.01. The number of hydrogen-bond acceptors (Lipinski definition) is 4. The molecule has 0 spiro atoms. The normalized spacial score (nSPS) is 26.8. The van der Waals surface area contributed by atoms with E-state index in [4.69, 9.17) is 18.9 Å². The SMILES string of the molecule is COC(C)OCCC1CCCC(COC(C)OCCCC2CCCCC2)C1. The lowest BCUT2D eigenvalue weighted by atomic mass is 9.80. The first-order valence-corrected chi connectivity index (χ1v) is 11.5. The standard InChI is InChI=1S/C23H44O4/c1-19(24-3)26-16-14-22-11-7-12-23(17-22)18-27-20(2)25-15-8-13-21-9-5-4-6-10-21/h19-23H,4-18H2,1-3H3. The molecule has 2 aliphatic carbocycles. The van der Waals surface area contributed by atoms with Gasteiger partial charge in [-0.2, -0.15) is 0 Å². The van der Waals surface area contributed by atoms with E-state index in [1.54, 1.807) is 7.11 Å². The van der Waals surface area contributed by atoms with E-state index in [-0.39, 0.29) is 12.6 Å². The van der Waals surface area contributed by atoms with Crippen LogP contribution in [0.2, 0.25) is 0 Å². The average Bonchev–Trinajstić information content (AvgIpc) is 2.70. The van der Waals surface area contributed by atoms with Crippen LogP contribution in [0.1, 0.15) is 90.9 Å². The van der Waals surface area contributed by atoms with Crippen molar-refractivity contribution in [2.45, 2.75) is 103 Å². The second-order valence-corrected chi connectivity index (χ2v) is 8.78. The van der Waals surface area contributed by atoms with Crippen LogP contribution < -0.4 is 0 Å². The first-order chi connectivity index (χ1) is 13.2. The third kappa shape index (κ3) is 10.3. The number of ether oxygens (including phenoxy) is 4. The van der Waals surface area contributed by atoms with Crippen molar-refractivity contribution >= 4 is 0 Å². The Labute approximate surface area is 167 Å². The Hall–Kier alpha value is -0.160. The molecule has 0 heterocycles. The molecule has 0 amide bonds. The van der Waals surface area contributed by atoms with Crippen LogP contribution in [0.3, 0.4) is 0 Å². The van der Waals surface area contributed by atoms with Gasteiger partial charge in [-0.1, -0.05) is 44.9 Å². The predicted molar refractivity (Wildman–Crippen MR) is 110 cm³/mol. The van der Waals surface area contributed by atoms with Crippen molar-refractivity contribution in [3.8, 4) is 0 Å². The third-order valence-electron chi connectivity index (χ3n) is 6.50. The molecular formula is C23H44O4. The summed E-state index contributed by atoms with van der Waals surface area (Å²) in [5.74, 6) is 2.40. The van der Waals surface area contributed by atoms with E-state index in [9.17, 15) is 0 Å². The first-order valence-electron chi connectivity index (χ1n) is 11.5. The van der Waals surface area contributed by atoms with Crippen molar-refractivity contribution in [3.05, 3.63) is 0 Å². The van der Waals surface area contributed by atoms with Gasteiger partial charge in [-0.25, -0.2) is 0 Å². The molecule has 2 rings (SSSR count). The number of methoxy groups -OCH3 is 1. The fourth-order valence-electron chi connectivity index (χ4n) is 4.70. The van der Waals surface area contributed by atoms with E-state index in [2.05, 4.69) is 6.92 Å². The average molecular weight is 385 g/mol. The Morgan fingerprint density at radius 2 is 1.41 bits per heavy atom. The molecular weight excluding hydrogens is 340 g/mol. The highest BCUT2D eigenvalue weighted by Gasteiger charge is 2.23. The highest BCUT2D eigenvalue weighted by atomic mass is 16.7. The molecule has 0 radical (unpaired) electrons. The van der Waals surface area contributed by atoms with Crippen LogP contribution in [0, 0.1) is 17.8 Å². The molecule has 2 fully saturated rings. The maximum absolute atomic E-state index is 6.01. The lowest BCUT2D eigenvalue weighted by Gasteiger charge is -2.30. The van der Waals surface area contributed by atoms with E-state index in [0.29, 0.717) is 5.92 Å². The third-order valence-corrected chi connectivity index (χ3v) is 6.50. The largest absolute Gasteiger partial charge is 0.356 e. The monoisotopic (exact) mass is 384 g/mol. The molecule has 2 saturated carbocycles. The van der Waals surface area contributed by atoms with Crippen LogP contribution in [0.25, 0.3) is 0 Å². The van der Waals surface area contributed by atoms with Crippen molar-refractivity contribution in [3.63, 3.8) is 0 Å². The summed E-state index contributed by atoms with van der Waals surface area (Å²) in [6.45, 7) is 6.50. The smallest absolute Gasteiger partial charge is 0.154 e. The summed E-state index contributed by atoms with van der Waals surface area (Å²) in [7, 11) is 1.69. The molecule has 4 atom stereocenters. The van der Waals surface area contributed by atoms with E-state index >= 15 is 0 Å². The van der Waals surface area contributed by atoms with Gasteiger partial charge in [-0.15, -0.1) is 0 Å². The van der Waals surface area contributed by atoms with E-state index in [1.165, 1.54) is 70.6 Å². The minimum Gasteiger partial charge on any atom is -0.356 e. The molecule has 4 heteroatoms. The van der Waals surface area contributed by atoms with Gasteiger partial charge >= 0.3 is 0 Å². The quantitative estimate of drug-likeness (QED) is 0.291. The van der Waals surface area contributed by atoms with Crippen molar-refractivity contribution in [1.29, 1.82) is 0 Å². The van der Waals surface area contributed by atoms with Crippen molar-refractivity contribution in [2.24, 2.45) is 17.8 Å². The fourth-order valence-corrected chi connectivity index (χ4v) is 4.70. The second-order valence-electron chi connectivity index (χ2n) is 8.78. The van der Waals surface area contributed by atoms with Crippen molar-refractivity contribution in [1.82, 2.24) is 0 Å². The van der Waals surface area contributed by atoms with Crippen LogP contribution in [0.15, 0.2) is 0 Å². The Kier molecular flexibility index (Phi) is 11.9. The van der Waals surface area contributed by atoms with Gasteiger partial charge in [0.2, 0.25) is 0 Å². The Morgan fingerprint density at radius 1 is 0.704 bits per heavy atom. The summed E-state index contributed by atoms with van der Waals surface area (Å²) in [5.41, 5.74) is 0. The molecule has 2 aliphatic rings.